The number of nitrogens with zero attached hydrogens (tertiary/aromatic N) is 6. The minimum Gasteiger partial charge on any atom is -0.330 e. The van der Waals surface area contributed by atoms with Crippen LogP contribution in [0.3, 0.4) is 0 Å². The van der Waals surface area contributed by atoms with Gasteiger partial charge in [0.05, 0.1) is 6.04 Å². The zero-order chi connectivity index (χ0) is 11.7. The standard InChI is InChI=1S/C10H19N7/c11-2-1-3-17-10(12-13-14-17)9-8-15-4-6-16(9)7-5-15/h9H,1-8,11H2. The van der Waals surface area contributed by atoms with Crippen LogP contribution < -0.4 is 5.73 Å². The second kappa shape index (κ2) is 4.67. The molecule has 94 valence electrons. The summed E-state index contributed by atoms with van der Waals surface area (Å²) in [6, 6.07) is 0.366. The smallest absolute Gasteiger partial charge is 0.169 e. The molecule has 3 fully saturated rings. The van der Waals surface area contributed by atoms with E-state index in [1.807, 2.05) is 4.68 Å². The van der Waals surface area contributed by atoms with Crippen LogP contribution in [-0.4, -0.2) is 69.3 Å². The van der Waals surface area contributed by atoms with Crippen molar-refractivity contribution in [2.24, 2.45) is 5.73 Å². The van der Waals surface area contributed by atoms with Gasteiger partial charge in [-0.25, -0.2) is 4.68 Å². The molecule has 0 radical (unpaired) electrons. The molecule has 3 saturated heterocycles. The SMILES string of the molecule is NCCCn1nnnc1C1CN2CCN1CC2. The van der Waals surface area contributed by atoms with Gasteiger partial charge in [-0.1, -0.05) is 0 Å². The fourth-order valence-electron chi connectivity index (χ4n) is 2.71. The highest BCUT2D eigenvalue weighted by Gasteiger charge is 2.35. The van der Waals surface area contributed by atoms with Gasteiger partial charge in [0.2, 0.25) is 0 Å². The van der Waals surface area contributed by atoms with Crippen molar-refractivity contribution in [1.29, 1.82) is 0 Å². The highest BCUT2D eigenvalue weighted by atomic mass is 15.6. The number of tetrazole rings is 1. The van der Waals surface area contributed by atoms with Crippen LogP contribution in [0, 0.1) is 0 Å². The van der Waals surface area contributed by atoms with Gasteiger partial charge in [0.15, 0.2) is 5.82 Å². The number of hydrogen-bond acceptors (Lipinski definition) is 6. The third-order valence-electron chi connectivity index (χ3n) is 3.71. The van der Waals surface area contributed by atoms with Crippen molar-refractivity contribution in [2.75, 3.05) is 39.3 Å². The van der Waals surface area contributed by atoms with Crippen LogP contribution >= 0.6 is 0 Å². The van der Waals surface area contributed by atoms with Crippen molar-refractivity contribution < 1.29 is 0 Å². The Balaban J connectivity index is 1.77. The van der Waals surface area contributed by atoms with Gasteiger partial charge in [-0.3, -0.25) is 9.80 Å². The maximum Gasteiger partial charge on any atom is 0.169 e. The predicted molar refractivity (Wildman–Crippen MR) is 62.2 cm³/mol. The third-order valence-corrected chi connectivity index (χ3v) is 3.71. The van der Waals surface area contributed by atoms with E-state index in [9.17, 15) is 0 Å². The van der Waals surface area contributed by atoms with Gasteiger partial charge in [-0.2, -0.15) is 0 Å². The normalized spacial score (nSPS) is 31.9. The summed E-state index contributed by atoms with van der Waals surface area (Å²) in [6.07, 6.45) is 0.925. The van der Waals surface area contributed by atoms with Crippen LogP contribution in [0.2, 0.25) is 0 Å². The Hall–Kier alpha value is -1.05. The molecule has 0 saturated carbocycles. The quantitative estimate of drug-likeness (QED) is 0.701. The minimum absolute atomic E-state index is 0.366. The van der Waals surface area contributed by atoms with E-state index in [-0.39, 0.29) is 0 Å². The molecular weight excluding hydrogens is 218 g/mol. The average Bonchev–Trinajstić information content (AvgIpc) is 2.86. The molecule has 1 aromatic heterocycles. The molecule has 7 heteroatoms. The lowest BCUT2D eigenvalue weighted by molar-refractivity contribution is 0.00667. The average molecular weight is 237 g/mol. The second-order valence-corrected chi connectivity index (χ2v) is 4.75. The Kier molecular flexibility index (Phi) is 3.04. The lowest BCUT2D eigenvalue weighted by Gasteiger charge is -2.46. The van der Waals surface area contributed by atoms with Gasteiger partial charge in [0, 0.05) is 39.3 Å². The van der Waals surface area contributed by atoms with Crippen molar-refractivity contribution >= 4 is 0 Å². The first-order valence-corrected chi connectivity index (χ1v) is 6.31. The molecule has 2 bridgehead atoms. The van der Waals surface area contributed by atoms with E-state index in [2.05, 4.69) is 25.3 Å². The Bertz CT molecular complexity index is 368. The van der Waals surface area contributed by atoms with Crippen molar-refractivity contribution in [3.63, 3.8) is 0 Å². The number of piperazine rings is 3. The van der Waals surface area contributed by atoms with Crippen molar-refractivity contribution in [2.45, 2.75) is 19.0 Å². The summed E-state index contributed by atoms with van der Waals surface area (Å²) in [5.74, 6) is 1.00. The van der Waals surface area contributed by atoms with Crippen LogP contribution in [0.1, 0.15) is 18.3 Å². The molecule has 1 unspecified atom stereocenters. The topological polar surface area (TPSA) is 76.1 Å². The van der Waals surface area contributed by atoms with Crippen LogP contribution in [0.25, 0.3) is 0 Å². The number of aromatic nitrogens is 4. The minimum atomic E-state index is 0.366. The summed E-state index contributed by atoms with van der Waals surface area (Å²) in [5, 5.41) is 12.1. The summed E-state index contributed by atoms with van der Waals surface area (Å²) in [4.78, 5) is 4.98. The maximum atomic E-state index is 5.53. The Morgan fingerprint density at radius 1 is 1.24 bits per heavy atom. The van der Waals surface area contributed by atoms with E-state index in [1.165, 1.54) is 13.1 Å². The van der Waals surface area contributed by atoms with Crippen LogP contribution in [0.4, 0.5) is 0 Å². The van der Waals surface area contributed by atoms with Gasteiger partial charge in [0.1, 0.15) is 0 Å². The predicted octanol–water partition coefficient (Wildman–Crippen LogP) is -1.31. The van der Waals surface area contributed by atoms with Crippen molar-refractivity contribution in [3.8, 4) is 0 Å². The molecule has 3 aliphatic heterocycles. The molecule has 3 aliphatic rings. The first-order valence-electron chi connectivity index (χ1n) is 6.31. The van der Waals surface area contributed by atoms with Crippen LogP contribution in [0.5, 0.6) is 0 Å². The fraction of sp³-hybridized carbons (Fsp3) is 0.900. The zero-order valence-corrected chi connectivity index (χ0v) is 9.99. The van der Waals surface area contributed by atoms with E-state index in [0.29, 0.717) is 12.6 Å². The molecule has 0 aromatic carbocycles. The van der Waals surface area contributed by atoms with Crippen molar-refractivity contribution in [1.82, 2.24) is 30.0 Å². The lowest BCUT2D eigenvalue weighted by atomic mass is 10.1. The van der Waals surface area contributed by atoms with Gasteiger partial charge in [0.25, 0.3) is 0 Å². The van der Waals surface area contributed by atoms with Crippen LogP contribution in [0.15, 0.2) is 0 Å². The largest absolute Gasteiger partial charge is 0.330 e. The molecule has 0 spiro atoms. The highest BCUT2D eigenvalue weighted by molar-refractivity contribution is 5.00. The molecule has 0 aliphatic carbocycles. The number of hydrogen-bond donors (Lipinski definition) is 1. The van der Waals surface area contributed by atoms with Crippen LogP contribution in [-0.2, 0) is 6.54 Å². The van der Waals surface area contributed by atoms with E-state index >= 15 is 0 Å². The Morgan fingerprint density at radius 2 is 2.06 bits per heavy atom. The second-order valence-electron chi connectivity index (χ2n) is 4.75. The first kappa shape index (κ1) is 11.1. The maximum absolute atomic E-state index is 5.53. The highest BCUT2D eigenvalue weighted by Crippen LogP contribution is 2.26. The van der Waals surface area contributed by atoms with E-state index in [0.717, 1.165) is 38.4 Å². The molecule has 7 nitrogen and oxygen atoms in total. The molecule has 1 aromatic rings. The molecule has 0 amide bonds. The van der Waals surface area contributed by atoms with Gasteiger partial charge in [-0.05, 0) is 23.4 Å². The molecule has 17 heavy (non-hydrogen) atoms. The summed E-state index contributed by atoms with van der Waals surface area (Å²) < 4.78 is 1.92. The van der Waals surface area contributed by atoms with Gasteiger partial charge < -0.3 is 5.73 Å². The molecule has 1 atom stereocenters. The molecule has 4 rings (SSSR count). The summed E-state index contributed by atoms with van der Waals surface area (Å²) >= 11 is 0. The molecule has 4 heterocycles. The van der Waals surface area contributed by atoms with E-state index in [4.69, 9.17) is 5.73 Å². The first-order chi connectivity index (χ1) is 8.38. The Labute approximate surface area is 101 Å². The fourth-order valence-corrected chi connectivity index (χ4v) is 2.71. The summed E-state index contributed by atoms with van der Waals surface area (Å²) in [5.41, 5.74) is 5.53. The zero-order valence-electron chi connectivity index (χ0n) is 9.99. The third kappa shape index (κ3) is 2.05. The number of aryl methyl sites for hydroxylation is 1. The lowest BCUT2D eigenvalue weighted by Crippen LogP contribution is -2.57. The van der Waals surface area contributed by atoms with Gasteiger partial charge >= 0.3 is 0 Å². The number of rotatable bonds is 4. The summed E-state index contributed by atoms with van der Waals surface area (Å²) in [6.45, 7) is 7.19. The molecular formula is C10H19N7. The van der Waals surface area contributed by atoms with E-state index < -0.39 is 0 Å². The molecule has 2 N–H and O–H groups in total. The summed E-state index contributed by atoms with van der Waals surface area (Å²) in [7, 11) is 0. The van der Waals surface area contributed by atoms with E-state index in [1.54, 1.807) is 0 Å². The number of nitrogens with two attached hydrogens (primary N) is 1. The Morgan fingerprint density at radius 3 is 2.71 bits per heavy atom. The van der Waals surface area contributed by atoms with Crippen molar-refractivity contribution in [3.05, 3.63) is 5.82 Å². The monoisotopic (exact) mass is 237 g/mol. The van der Waals surface area contributed by atoms with Gasteiger partial charge in [-0.15, -0.1) is 5.10 Å². The number of fused-ring (bicyclic) bond motifs is 3.